The van der Waals surface area contributed by atoms with Gasteiger partial charge in [0.05, 0.1) is 25.5 Å². The first-order valence-corrected chi connectivity index (χ1v) is 11.7. The second-order valence-electron chi connectivity index (χ2n) is 8.33. The molecule has 0 bridgehead atoms. The first-order chi connectivity index (χ1) is 16.2. The van der Waals surface area contributed by atoms with Crippen LogP contribution in [0.15, 0.2) is 53.2 Å². The maximum atomic E-state index is 10.6. The van der Waals surface area contributed by atoms with Crippen molar-refractivity contribution in [2.75, 3.05) is 46.4 Å². The second kappa shape index (κ2) is 11.7. The molecule has 0 amide bonds. The molecule has 2 aromatic carbocycles. The fourth-order valence-electron chi connectivity index (χ4n) is 4.12. The van der Waals surface area contributed by atoms with Crippen molar-refractivity contribution < 1.29 is 19.1 Å². The Balaban J connectivity index is 1.26. The van der Waals surface area contributed by atoms with Gasteiger partial charge in [-0.25, -0.2) is 0 Å². The minimum absolute atomic E-state index is 0.107. The summed E-state index contributed by atoms with van der Waals surface area (Å²) in [5, 5.41) is 17.9. The maximum Gasteiger partial charge on any atom is 0.178 e. The van der Waals surface area contributed by atoms with E-state index in [1.54, 1.807) is 19.4 Å². The van der Waals surface area contributed by atoms with Gasteiger partial charge in [0.15, 0.2) is 5.76 Å². The molecule has 1 fully saturated rings. The second-order valence-corrected chi connectivity index (χ2v) is 8.33. The van der Waals surface area contributed by atoms with E-state index in [0.717, 1.165) is 55.9 Å². The van der Waals surface area contributed by atoms with Gasteiger partial charge in [-0.3, -0.25) is 0 Å². The van der Waals surface area contributed by atoms with Crippen LogP contribution in [0.25, 0.3) is 22.5 Å². The van der Waals surface area contributed by atoms with Crippen molar-refractivity contribution in [3.63, 3.8) is 0 Å². The average molecular weight is 452 g/mol. The van der Waals surface area contributed by atoms with Gasteiger partial charge in [-0.15, -0.1) is 0 Å². The average Bonchev–Trinajstić information content (AvgIpc) is 3.34. The Morgan fingerprint density at radius 3 is 2.48 bits per heavy atom. The fourth-order valence-corrected chi connectivity index (χ4v) is 4.12. The number of aromatic nitrogens is 1. The fraction of sp³-hybridized carbons (Fsp3) is 0.423. The van der Waals surface area contributed by atoms with E-state index in [4.69, 9.17) is 14.0 Å². The minimum atomic E-state index is 0.107. The van der Waals surface area contributed by atoms with Gasteiger partial charge in [-0.1, -0.05) is 30.1 Å². The minimum Gasteiger partial charge on any atom is -0.507 e. The van der Waals surface area contributed by atoms with Gasteiger partial charge in [0.25, 0.3) is 0 Å². The number of ether oxygens (including phenoxy) is 2. The lowest BCUT2D eigenvalue weighted by Gasteiger charge is -2.27. The number of nitrogens with one attached hydrogen (secondary N) is 1. The quantitative estimate of drug-likeness (QED) is 0.414. The number of unbranched alkanes of at least 4 members (excludes halogenated alkanes) is 3. The van der Waals surface area contributed by atoms with Crippen LogP contribution < -0.4 is 14.8 Å². The van der Waals surface area contributed by atoms with Gasteiger partial charge >= 0.3 is 0 Å². The summed E-state index contributed by atoms with van der Waals surface area (Å²) in [5.74, 6) is 2.06. The summed E-state index contributed by atoms with van der Waals surface area (Å²) in [6.07, 6.45) is 6.27. The third kappa shape index (κ3) is 6.27. The van der Waals surface area contributed by atoms with Crippen LogP contribution in [0.2, 0.25) is 0 Å². The van der Waals surface area contributed by atoms with E-state index >= 15 is 0 Å². The molecule has 4 rings (SSSR count). The molecule has 7 heteroatoms. The van der Waals surface area contributed by atoms with Crippen LogP contribution in [-0.2, 0) is 0 Å². The van der Waals surface area contributed by atoms with E-state index in [-0.39, 0.29) is 5.75 Å². The number of aromatic hydroxyl groups is 1. The van der Waals surface area contributed by atoms with E-state index < -0.39 is 0 Å². The molecule has 0 unspecified atom stereocenters. The first-order valence-electron chi connectivity index (χ1n) is 11.7. The Bertz CT molecular complexity index is 997. The molecule has 2 N–H and O–H groups in total. The van der Waals surface area contributed by atoms with Crippen molar-refractivity contribution in [1.82, 2.24) is 15.4 Å². The van der Waals surface area contributed by atoms with Crippen molar-refractivity contribution in [2.45, 2.75) is 25.7 Å². The first kappa shape index (κ1) is 23.1. The maximum absolute atomic E-state index is 10.6. The molecule has 7 nitrogen and oxygen atoms in total. The lowest BCUT2D eigenvalue weighted by Crippen LogP contribution is -2.43. The number of piperazine rings is 1. The molecule has 1 aromatic heterocycles. The van der Waals surface area contributed by atoms with Crippen LogP contribution in [0.3, 0.4) is 0 Å². The lowest BCUT2D eigenvalue weighted by molar-refractivity contribution is 0.234. The largest absolute Gasteiger partial charge is 0.507 e. The van der Waals surface area contributed by atoms with E-state index in [0.29, 0.717) is 23.7 Å². The molecule has 0 radical (unpaired) electrons. The molecule has 2 heterocycles. The van der Waals surface area contributed by atoms with Crippen molar-refractivity contribution >= 4 is 0 Å². The molecule has 33 heavy (non-hydrogen) atoms. The van der Waals surface area contributed by atoms with Gasteiger partial charge in [-0.2, -0.15) is 0 Å². The Labute approximate surface area is 195 Å². The molecule has 0 atom stereocenters. The summed E-state index contributed by atoms with van der Waals surface area (Å²) in [6, 6.07) is 13.0. The molecule has 0 saturated carbocycles. The summed E-state index contributed by atoms with van der Waals surface area (Å²) in [4.78, 5) is 2.53. The number of hydrogen-bond donors (Lipinski definition) is 2. The van der Waals surface area contributed by atoms with Gasteiger partial charge in [0.1, 0.15) is 17.2 Å². The van der Waals surface area contributed by atoms with Crippen molar-refractivity contribution in [3.05, 3.63) is 48.7 Å². The highest BCUT2D eigenvalue weighted by molar-refractivity contribution is 5.82. The van der Waals surface area contributed by atoms with Crippen molar-refractivity contribution in [1.29, 1.82) is 0 Å². The molecule has 1 aliphatic heterocycles. The number of hydrogen-bond acceptors (Lipinski definition) is 7. The predicted molar refractivity (Wildman–Crippen MR) is 129 cm³/mol. The molecule has 3 aromatic rings. The van der Waals surface area contributed by atoms with Crippen LogP contribution in [0, 0.1) is 0 Å². The molecular weight excluding hydrogens is 418 g/mol. The van der Waals surface area contributed by atoms with Gasteiger partial charge in [-0.05, 0) is 49.2 Å². The Kier molecular flexibility index (Phi) is 8.22. The molecule has 1 saturated heterocycles. The summed E-state index contributed by atoms with van der Waals surface area (Å²) in [5.41, 5.74) is 2.32. The number of rotatable bonds is 11. The van der Waals surface area contributed by atoms with Crippen molar-refractivity contribution in [3.8, 4) is 39.7 Å². The number of benzene rings is 2. The third-order valence-electron chi connectivity index (χ3n) is 6.03. The lowest BCUT2D eigenvalue weighted by atomic mass is 10.0. The summed E-state index contributed by atoms with van der Waals surface area (Å²) >= 11 is 0. The van der Waals surface area contributed by atoms with Gasteiger partial charge in [0.2, 0.25) is 0 Å². The van der Waals surface area contributed by atoms with E-state index in [2.05, 4.69) is 15.4 Å². The van der Waals surface area contributed by atoms with Crippen LogP contribution in [0.1, 0.15) is 25.7 Å². The standard InChI is InChI=1S/C26H33N3O4/c1-31-21-8-6-20(7-9-21)24-19-28-33-26(24)23-11-10-22(18-25(23)30)32-17-5-3-2-4-14-29-15-12-27-13-16-29/h6-11,18-19,27,30H,2-5,12-17H2,1H3. The van der Waals surface area contributed by atoms with Crippen molar-refractivity contribution in [2.24, 2.45) is 0 Å². The zero-order chi connectivity index (χ0) is 22.9. The van der Waals surface area contributed by atoms with Gasteiger partial charge < -0.3 is 29.3 Å². The van der Waals surface area contributed by atoms with Gasteiger partial charge in [0, 0.05) is 37.8 Å². The monoisotopic (exact) mass is 451 g/mol. The number of methoxy groups -OCH3 is 1. The molecule has 1 aliphatic rings. The van der Waals surface area contributed by atoms with E-state index in [1.807, 2.05) is 36.4 Å². The Hall–Kier alpha value is -3.03. The van der Waals surface area contributed by atoms with Crippen LogP contribution in [0.5, 0.6) is 17.2 Å². The predicted octanol–water partition coefficient (Wildman–Crippen LogP) is 4.57. The Morgan fingerprint density at radius 2 is 1.73 bits per heavy atom. The smallest absolute Gasteiger partial charge is 0.178 e. The van der Waals surface area contributed by atoms with Crippen LogP contribution in [-0.4, -0.2) is 61.6 Å². The van der Waals surface area contributed by atoms with Crippen LogP contribution in [0.4, 0.5) is 0 Å². The zero-order valence-corrected chi connectivity index (χ0v) is 19.3. The Morgan fingerprint density at radius 1 is 0.970 bits per heavy atom. The molecular formula is C26H33N3O4. The molecule has 0 spiro atoms. The summed E-state index contributed by atoms with van der Waals surface area (Å²) in [7, 11) is 1.64. The van der Waals surface area contributed by atoms with E-state index in [1.165, 1.54) is 19.4 Å². The topological polar surface area (TPSA) is 80.0 Å². The third-order valence-corrected chi connectivity index (χ3v) is 6.03. The molecule has 0 aliphatic carbocycles. The number of phenols is 1. The summed E-state index contributed by atoms with van der Waals surface area (Å²) in [6.45, 7) is 6.39. The molecule has 176 valence electrons. The summed E-state index contributed by atoms with van der Waals surface area (Å²) < 4.78 is 16.6. The SMILES string of the molecule is COc1ccc(-c2cnoc2-c2ccc(OCCCCCCN3CCNCC3)cc2O)cc1. The van der Waals surface area contributed by atoms with Crippen LogP contribution >= 0.6 is 0 Å². The highest BCUT2D eigenvalue weighted by Crippen LogP contribution is 2.38. The zero-order valence-electron chi connectivity index (χ0n) is 19.3. The number of phenolic OH excluding ortho intramolecular Hbond substituents is 1. The highest BCUT2D eigenvalue weighted by Gasteiger charge is 2.17. The normalized spacial score (nSPS) is 14.3. The highest BCUT2D eigenvalue weighted by atomic mass is 16.5. The van der Waals surface area contributed by atoms with E-state index in [9.17, 15) is 5.11 Å². The number of nitrogens with zero attached hydrogens (tertiary/aromatic N) is 2.